The van der Waals surface area contributed by atoms with Gasteiger partial charge in [0.15, 0.2) is 0 Å². The van der Waals surface area contributed by atoms with Crippen LogP contribution < -0.4 is 0 Å². The van der Waals surface area contributed by atoms with Gasteiger partial charge in [-0.25, -0.2) is 0 Å². The summed E-state index contributed by atoms with van der Waals surface area (Å²) in [6.07, 6.45) is 0. The van der Waals surface area contributed by atoms with Gasteiger partial charge in [-0.3, -0.25) is 0 Å². The van der Waals surface area contributed by atoms with E-state index in [2.05, 4.69) is 40.1 Å². The van der Waals surface area contributed by atoms with E-state index < -0.39 is 0 Å². The van der Waals surface area contributed by atoms with Gasteiger partial charge in [-0.05, 0) is 0 Å². The Morgan fingerprint density at radius 2 is 0.762 bits per heavy atom. The molecule has 4 nitrogen and oxygen atoms in total. The molecule has 0 heterocycles. The monoisotopic (exact) mass is 380 g/mol. The van der Waals surface area contributed by atoms with E-state index in [1.54, 1.807) is 0 Å². The molecule has 0 aliphatic carbocycles. The Kier molecular flexibility index (Phi) is 40.0. The fraction of sp³-hybridized carbons (Fsp3) is 1.00. The zero-order valence-corrected chi connectivity index (χ0v) is 18.2. The number of hydrogen-bond donors (Lipinski definition) is 0. The van der Waals surface area contributed by atoms with Crippen LogP contribution in [0.4, 0.5) is 0 Å². The van der Waals surface area contributed by atoms with Crippen LogP contribution in [0.5, 0.6) is 0 Å². The largest absolute Gasteiger partial charge is 0.663 e. The van der Waals surface area contributed by atoms with Gasteiger partial charge in [0.25, 0.3) is 0 Å². The zero-order chi connectivity index (χ0) is 17.6. The first-order chi connectivity index (χ1) is 9.80. The van der Waals surface area contributed by atoms with Crippen molar-refractivity contribution in [2.45, 2.75) is 67.9 Å². The summed E-state index contributed by atoms with van der Waals surface area (Å²) in [7, 11) is 0. The molecule has 0 aromatic heterocycles. The molecule has 0 spiro atoms. The quantitative estimate of drug-likeness (QED) is 0.530. The van der Waals surface area contributed by atoms with Crippen molar-refractivity contribution in [3.63, 3.8) is 0 Å². The van der Waals surface area contributed by atoms with Gasteiger partial charge in [0.2, 0.25) is 0 Å². The van der Waals surface area contributed by atoms with E-state index in [4.69, 9.17) is 0 Å². The first-order valence-electron chi connectivity index (χ1n) is 8.06. The van der Waals surface area contributed by atoms with Gasteiger partial charge in [0.05, 0.1) is 0 Å². The van der Waals surface area contributed by atoms with E-state index in [1.807, 2.05) is 41.5 Å². The third-order valence-electron chi connectivity index (χ3n) is 1.64. The normalized spacial score (nSPS) is 9.14. The third-order valence-corrected chi connectivity index (χ3v) is 3.12. The molecule has 0 fully saturated rings. The van der Waals surface area contributed by atoms with Gasteiger partial charge >= 0.3 is 50.5 Å². The van der Waals surface area contributed by atoms with E-state index in [1.165, 1.54) is 20.9 Å². The molecule has 0 saturated carbocycles. The molecule has 0 bridgehead atoms. The molecule has 0 amide bonds. The number of hydrogen-bond acceptors (Lipinski definition) is 1. The topological polar surface area (TPSA) is 54.7 Å². The van der Waals surface area contributed by atoms with Crippen LogP contribution in [-0.2, 0) is 20.9 Å². The molecule has 0 aliphatic heterocycles. The Morgan fingerprint density at radius 3 is 0.762 bits per heavy atom. The SMILES string of the molecule is CC(C)(C)[N]=[Nb].CC[N-]CC.CC[N-]CC.CC[N-]CC. The van der Waals surface area contributed by atoms with Crippen molar-refractivity contribution in [1.29, 1.82) is 0 Å². The van der Waals surface area contributed by atoms with Crippen molar-refractivity contribution in [3.05, 3.63) is 16.0 Å². The first kappa shape index (κ1) is 29.4. The predicted octanol–water partition coefficient (Wildman–Crippen LogP) is 5.72. The standard InChI is InChI=1S/C4H9N.3C4H10N.Nb/c1-4(2,3)5;3*1-3-5-4-2;/h1-3H3;3*3-4H2,1-2H3;/q;3*-1;. The van der Waals surface area contributed by atoms with E-state index in [9.17, 15) is 0 Å². The Hall–Kier alpha value is 0.420. The zero-order valence-electron chi connectivity index (χ0n) is 16.0. The number of rotatable bonds is 6. The minimum Gasteiger partial charge on any atom is -0.663 e. The molecular weight excluding hydrogens is 341 g/mol. The summed E-state index contributed by atoms with van der Waals surface area (Å²) in [6, 6.07) is 0. The second-order valence-corrected chi connectivity index (χ2v) is 5.33. The van der Waals surface area contributed by atoms with Crippen LogP contribution in [0.25, 0.3) is 16.0 Å². The average molecular weight is 380 g/mol. The fourth-order valence-electron chi connectivity index (χ4n) is 0.671. The second kappa shape index (κ2) is 28.6. The van der Waals surface area contributed by atoms with Crippen molar-refractivity contribution in [3.8, 4) is 0 Å². The summed E-state index contributed by atoms with van der Waals surface area (Å²) in [5.74, 6) is 0. The Labute approximate surface area is 147 Å². The maximum Gasteiger partial charge on any atom is -0.0844 e. The maximum atomic E-state index is 4.07. The van der Waals surface area contributed by atoms with Gasteiger partial charge in [-0.2, -0.15) is 39.3 Å². The molecular formula is C16H39N4Nb-3. The third kappa shape index (κ3) is 78.1. The van der Waals surface area contributed by atoms with Crippen LogP contribution in [0.2, 0.25) is 0 Å². The second-order valence-electron chi connectivity index (χ2n) is 4.84. The van der Waals surface area contributed by atoms with Crippen molar-refractivity contribution >= 4 is 0 Å². The van der Waals surface area contributed by atoms with E-state index in [-0.39, 0.29) is 5.54 Å². The molecule has 0 aliphatic rings. The number of nitrogens with zero attached hydrogens (tertiary/aromatic N) is 4. The van der Waals surface area contributed by atoms with Crippen molar-refractivity contribution in [1.82, 2.24) is 0 Å². The summed E-state index contributed by atoms with van der Waals surface area (Å²) >= 11 is 1.52. The molecule has 5 heteroatoms. The van der Waals surface area contributed by atoms with E-state index >= 15 is 0 Å². The van der Waals surface area contributed by atoms with E-state index in [0.29, 0.717) is 0 Å². The maximum absolute atomic E-state index is 4.07. The average Bonchev–Trinajstić information content (AvgIpc) is 2.43. The summed E-state index contributed by atoms with van der Waals surface area (Å²) in [4.78, 5) is 0. The molecule has 0 unspecified atom stereocenters. The molecule has 0 aromatic rings. The van der Waals surface area contributed by atoms with Gasteiger partial charge in [0.1, 0.15) is 0 Å². The summed E-state index contributed by atoms with van der Waals surface area (Å²) in [5.41, 5.74) is 0.189. The van der Waals surface area contributed by atoms with Crippen LogP contribution in [0.15, 0.2) is 3.34 Å². The molecule has 0 atom stereocenters. The molecule has 131 valence electrons. The Balaban J connectivity index is -0.0000000921. The Bertz CT molecular complexity index is 139. The van der Waals surface area contributed by atoms with Crippen LogP contribution in [-0.4, -0.2) is 44.8 Å². The van der Waals surface area contributed by atoms with Crippen molar-refractivity contribution < 1.29 is 20.9 Å². The van der Waals surface area contributed by atoms with Gasteiger partial charge in [-0.15, -0.1) is 0 Å². The molecule has 0 N–H and O–H groups in total. The predicted molar refractivity (Wildman–Crippen MR) is 95.5 cm³/mol. The molecule has 0 saturated heterocycles. The van der Waals surface area contributed by atoms with E-state index in [0.717, 1.165) is 39.3 Å². The van der Waals surface area contributed by atoms with Gasteiger partial charge in [0, 0.05) is 0 Å². The van der Waals surface area contributed by atoms with Crippen LogP contribution in [0.1, 0.15) is 62.3 Å². The van der Waals surface area contributed by atoms with Crippen LogP contribution in [0, 0.1) is 0 Å². The molecule has 0 aromatic carbocycles. The minimum atomic E-state index is 0.189. The molecule has 0 radical (unpaired) electrons. The summed E-state index contributed by atoms with van der Waals surface area (Å²) in [6.45, 7) is 24.4. The van der Waals surface area contributed by atoms with Crippen molar-refractivity contribution in [2.24, 2.45) is 3.34 Å². The first-order valence-corrected chi connectivity index (χ1v) is 9.05. The molecule has 21 heavy (non-hydrogen) atoms. The van der Waals surface area contributed by atoms with Gasteiger partial charge in [-0.1, -0.05) is 41.5 Å². The van der Waals surface area contributed by atoms with Crippen LogP contribution >= 0.6 is 0 Å². The minimum absolute atomic E-state index is 0.189. The van der Waals surface area contributed by atoms with Crippen LogP contribution in [0.3, 0.4) is 0 Å². The van der Waals surface area contributed by atoms with Gasteiger partial charge < -0.3 is 16.0 Å². The summed E-state index contributed by atoms with van der Waals surface area (Å²) < 4.78 is 4.07. The van der Waals surface area contributed by atoms with Crippen molar-refractivity contribution in [2.75, 3.05) is 39.3 Å². The Morgan fingerprint density at radius 1 is 0.619 bits per heavy atom. The smallest absolute Gasteiger partial charge is 0.0844 e. The molecule has 0 rings (SSSR count). The summed E-state index contributed by atoms with van der Waals surface area (Å²) in [5, 5.41) is 11.9. The fourth-order valence-corrected chi connectivity index (χ4v) is 0.671.